The molecule has 2 amide bonds. The average molecular weight is 324 g/mol. The van der Waals surface area contributed by atoms with E-state index in [1.165, 1.54) is 0 Å². The minimum atomic E-state index is -0.196. The molecule has 2 N–H and O–H groups in total. The number of rotatable bonds is 2. The highest BCUT2D eigenvalue weighted by Crippen LogP contribution is 2.32. The molecule has 2 aliphatic rings. The summed E-state index contributed by atoms with van der Waals surface area (Å²) in [7, 11) is 0. The van der Waals surface area contributed by atoms with Gasteiger partial charge in [0.25, 0.3) is 11.8 Å². The summed E-state index contributed by atoms with van der Waals surface area (Å²) >= 11 is 0. The lowest BCUT2D eigenvalue weighted by molar-refractivity contribution is -0.118. The highest BCUT2D eigenvalue weighted by atomic mass is 16.5. The van der Waals surface area contributed by atoms with Crippen molar-refractivity contribution in [1.29, 1.82) is 0 Å². The number of hydrogen-bond acceptors (Lipinski definition) is 4. The molecule has 0 saturated carbocycles. The monoisotopic (exact) mass is 324 g/mol. The number of fused-ring (bicyclic) bond motifs is 2. The molecule has 0 aromatic heterocycles. The van der Waals surface area contributed by atoms with Gasteiger partial charge in [-0.1, -0.05) is 18.2 Å². The van der Waals surface area contributed by atoms with Crippen molar-refractivity contribution in [2.24, 2.45) is 0 Å². The van der Waals surface area contributed by atoms with Gasteiger partial charge in [-0.25, -0.2) is 0 Å². The fraction of sp³-hybridized carbons (Fsp3) is 0.222. The Kier molecular flexibility index (Phi) is 3.57. The van der Waals surface area contributed by atoms with Crippen LogP contribution in [-0.2, 0) is 4.79 Å². The summed E-state index contributed by atoms with van der Waals surface area (Å²) in [6.07, 6.45) is 0.722. The number of carbonyl (C=O) groups excluding carboxylic acids is 2. The van der Waals surface area contributed by atoms with Gasteiger partial charge in [-0.2, -0.15) is 0 Å². The average Bonchev–Trinajstić information content (AvgIpc) is 2.61. The lowest BCUT2D eigenvalue weighted by atomic mass is 10.00. The van der Waals surface area contributed by atoms with Crippen molar-refractivity contribution in [3.63, 3.8) is 0 Å². The van der Waals surface area contributed by atoms with Crippen LogP contribution in [-0.4, -0.2) is 25.0 Å². The number of anilines is 1. The maximum atomic E-state index is 12.6. The number of hydrogen-bond donors (Lipinski definition) is 2. The Morgan fingerprint density at radius 1 is 1.12 bits per heavy atom. The molecular weight excluding hydrogens is 308 g/mol. The highest BCUT2D eigenvalue weighted by molar-refractivity contribution is 5.99. The van der Waals surface area contributed by atoms with E-state index in [-0.39, 0.29) is 24.5 Å². The maximum absolute atomic E-state index is 12.6. The Labute approximate surface area is 138 Å². The van der Waals surface area contributed by atoms with E-state index in [9.17, 15) is 9.59 Å². The van der Waals surface area contributed by atoms with Crippen LogP contribution in [0, 0.1) is 0 Å². The molecule has 2 heterocycles. The zero-order valence-corrected chi connectivity index (χ0v) is 12.9. The zero-order valence-electron chi connectivity index (χ0n) is 12.9. The second-order valence-electron chi connectivity index (χ2n) is 5.75. The van der Waals surface area contributed by atoms with Gasteiger partial charge in [0, 0.05) is 17.5 Å². The molecule has 0 radical (unpaired) electrons. The van der Waals surface area contributed by atoms with Crippen LogP contribution in [0.25, 0.3) is 0 Å². The minimum absolute atomic E-state index is 0.0363. The third-order valence-corrected chi connectivity index (χ3v) is 4.14. The van der Waals surface area contributed by atoms with Crippen molar-refractivity contribution in [2.45, 2.75) is 12.5 Å². The smallest absolute Gasteiger partial charge is 0.262 e. The van der Waals surface area contributed by atoms with Crippen LogP contribution in [0.4, 0.5) is 5.69 Å². The van der Waals surface area contributed by atoms with E-state index in [0.29, 0.717) is 23.6 Å². The molecule has 2 aromatic carbocycles. The van der Waals surface area contributed by atoms with Crippen molar-refractivity contribution in [3.8, 4) is 11.5 Å². The van der Waals surface area contributed by atoms with Crippen molar-refractivity contribution in [1.82, 2.24) is 5.32 Å². The van der Waals surface area contributed by atoms with Gasteiger partial charge in [-0.3, -0.25) is 9.59 Å². The fourth-order valence-electron chi connectivity index (χ4n) is 2.95. The first-order valence-corrected chi connectivity index (χ1v) is 7.80. The Hall–Kier alpha value is -3.02. The molecule has 2 aromatic rings. The number of ether oxygens (including phenoxy) is 2. The van der Waals surface area contributed by atoms with Gasteiger partial charge in [0.2, 0.25) is 0 Å². The first-order chi connectivity index (χ1) is 11.7. The quantitative estimate of drug-likeness (QED) is 0.888. The molecule has 0 bridgehead atoms. The molecule has 0 unspecified atom stereocenters. The number of para-hydroxylation sites is 1. The lowest BCUT2D eigenvalue weighted by Crippen LogP contribution is -2.32. The Balaban J connectivity index is 1.54. The molecule has 2 aliphatic heterocycles. The van der Waals surface area contributed by atoms with Crippen LogP contribution in [0.3, 0.4) is 0 Å². The van der Waals surface area contributed by atoms with Crippen LogP contribution < -0.4 is 20.1 Å². The predicted octanol–water partition coefficient (Wildman–Crippen LogP) is 2.27. The molecule has 0 aliphatic carbocycles. The van der Waals surface area contributed by atoms with Gasteiger partial charge in [0.1, 0.15) is 11.5 Å². The van der Waals surface area contributed by atoms with Gasteiger partial charge < -0.3 is 20.1 Å². The Morgan fingerprint density at radius 3 is 2.92 bits per heavy atom. The first-order valence-electron chi connectivity index (χ1n) is 7.80. The topological polar surface area (TPSA) is 76.7 Å². The van der Waals surface area contributed by atoms with E-state index in [1.807, 2.05) is 24.3 Å². The third kappa shape index (κ3) is 2.67. The van der Waals surface area contributed by atoms with E-state index < -0.39 is 0 Å². The third-order valence-electron chi connectivity index (χ3n) is 4.14. The SMILES string of the molecule is O=C1COc2cc(C(=O)N[C@H]3CCOc4ccccc43)ccc2N1. The van der Waals surface area contributed by atoms with Gasteiger partial charge >= 0.3 is 0 Å². The van der Waals surface area contributed by atoms with E-state index in [4.69, 9.17) is 9.47 Å². The summed E-state index contributed by atoms with van der Waals surface area (Å²) in [5, 5.41) is 5.75. The lowest BCUT2D eigenvalue weighted by Gasteiger charge is -2.26. The normalized spacial score (nSPS) is 18.3. The molecule has 1 atom stereocenters. The van der Waals surface area contributed by atoms with Crippen molar-refractivity contribution in [2.75, 3.05) is 18.5 Å². The van der Waals surface area contributed by atoms with Gasteiger partial charge in [0.05, 0.1) is 18.3 Å². The molecular formula is C18H16N2O4. The molecule has 6 nitrogen and oxygen atoms in total. The van der Waals surface area contributed by atoms with Crippen molar-refractivity contribution < 1.29 is 19.1 Å². The Morgan fingerprint density at radius 2 is 2.00 bits per heavy atom. The van der Waals surface area contributed by atoms with E-state index in [1.54, 1.807) is 18.2 Å². The molecule has 0 fully saturated rings. The predicted molar refractivity (Wildman–Crippen MR) is 87.3 cm³/mol. The van der Waals surface area contributed by atoms with Crippen LogP contribution in [0.2, 0.25) is 0 Å². The molecule has 122 valence electrons. The van der Waals surface area contributed by atoms with E-state index in [2.05, 4.69) is 10.6 Å². The maximum Gasteiger partial charge on any atom is 0.262 e. The number of benzene rings is 2. The summed E-state index contributed by atoms with van der Waals surface area (Å²) in [5.74, 6) is 0.943. The molecule has 0 saturated heterocycles. The second kappa shape index (κ2) is 5.88. The Bertz CT molecular complexity index is 818. The van der Waals surface area contributed by atoms with Crippen LogP contribution in [0.5, 0.6) is 11.5 Å². The van der Waals surface area contributed by atoms with E-state index >= 15 is 0 Å². The molecule has 0 spiro atoms. The number of carbonyl (C=O) groups is 2. The molecule has 24 heavy (non-hydrogen) atoms. The zero-order chi connectivity index (χ0) is 16.5. The standard InChI is InChI=1S/C18H16N2O4/c21-17-10-24-16-9-11(5-6-14(16)19-17)18(22)20-13-7-8-23-15-4-2-1-3-12(13)15/h1-6,9,13H,7-8,10H2,(H,19,21)(H,20,22)/t13-/m0/s1. The molecule has 4 rings (SSSR count). The minimum Gasteiger partial charge on any atom is -0.493 e. The number of nitrogens with one attached hydrogen (secondary N) is 2. The van der Waals surface area contributed by atoms with Crippen LogP contribution in [0.15, 0.2) is 42.5 Å². The first kappa shape index (κ1) is 14.6. The molecule has 6 heteroatoms. The fourth-order valence-corrected chi connectivity index (χ4v) is 2.95. The summed E-state index contributed by atoms with van der Waals surface area (Å²) < 4.78 is 11.0. The highest BCUT2D eigenvalue weighted by Gasteiger charge is 2.24. The van der Waals surface area contributed by atoms with Gasteiger partial charge in [-0.15, -0.1) is 0 Å². The van der Waals surface area contributed by atoms with Crippen molar-refractivity contribution in [3.05, 3.63) is 53.6 Å². The van der Waals surface area contributed by atoms with Crippen LogP contribution in [0.1, 0.15) is 28.4 Å². The van der Waals surface area contributed by atoms with Crippen LogP contribution >= 0.6 is 0 Å². The summed E-state index contributed by atoms with van der Waals surface area (Å²) in [4.78, 5) is 23.9. The van der Waals surface area contributed by atoms with Crippen molar-refractivity contribution >= 4 is 17.5 Å². The van der Waals surface area contributed by atoms with Gasteiger partial charge in [-0.05, 0) is 24.3 Å². The summed E-state index contributed by atoms with van der Waals surface area (Å²) in [6, 6.07) is 12.6. The van der Waals surface area contributed by atoms with E-state index in [0.717, 1.165) is 17.7 Å². The summed E-state index contributed by atoms with van der Waals surface area (Å²) in [5.41, 5.74) is 2.06. The largest absolute Gasteiger partial charge is 0.493 e. The second-order valence-corrected chi connectivity index (χ2v) is 5.75. The number of amides is 2. The van der Waals surface area contributed by atoms with Gasteiger partial charge in [0.15, 0.2) is 6.61 Å². The summed E-state index contributed by atoms with van der Waals surface area (Å²) in [6.45, 7) is 0.534.